The van der Waals surface area contributed by atoms with Crippen LogP contribution in [0.1, 0.15) is 72.6 Å². The fourth-order valence-corrected chi connectivity index (χ4v) is 2.73. The third kappa shape index (κ3) is 17.7. The molecule has 0 aromatic rings. The first kappa shape index (κ1) is 24.1. The molecule has 0 radical (unpaired) electrons. The molecule has 0 aromatic heterocycles. The van der Waals surface area contributed by atoms with Gasteiger partial charge in [0.15, 0.2) is 5.96 Å². The van der Waals surface area contributed by atoms with Crippen molar-refractivity contribution >= 4 is 23.7 Å². The van der Waals surface area contributed by atoms with Crippen LogP contribution < -0.4 is 10.6 Å². The highest BCUT2D eigenvalue weighted by Gasteiger charge is 2.15. The molecule has 5 nitrogen and oxygen atoms in total. The Balaban J connectivity index is 3.74. The first-order chi connectivity index (χ1) is 11.9. The first-order valence-corrected chi connectivity index (χ1v) is 11.0. The van der Waals surface area contributed by atoms with Crippen molar-refractivity contribution in [2.75, 3.05) is 31.6 Å². The van der Waals surface area contributed by atoms with Gasteiger partial charge in [-0.15, -0.1) is 0 Å². The van der Waals surface area contributed by atoms with Crippen LogP contribution in [0, 0.1) is 0 Å². The van der Waals surface area contributed by atoms with E-state index in [1.807, 2.05) is 32.5 Å². The Morgan fingerprint density at radius 3 is 2.40 bits per heavy atom. The summed E-state index contributed by atoms with van der Waals surface area (Å²) in [6, 6.07) is 0. The van der Waals surface area contributed by atoms with Crippen molar-refractivity contribution in [3.8, 4) is 0 Å². The van der Waals surface area contributed by atoms with Crippen molar-refractivity contribution in [2.45, 2.75) is 78.2 Å². The average Bonchev–Trinajstić information content (AvgIpc) is 2.51. The molecular formula is C19H39N3O2S. The van der Waals surface area contributed by atoms with E-state index in [4.69, 9.17) is 4.74 Å². The van der Waals surface area contributed by atoms with E-state index in [1.165, 1.54) is 18.6 Å². The smallest absolute Gasteiger partial charge is 0.306 e. The largest absolute Gasteiger partial charge is 0.460 e. The van der Waals surface area contributed by atoms with Crippen LogP contribution in [0.5, 0.6) is 0 Å². The number of esters is 1. The number of carbonyl (C=O) groups excluding carboxylic acids is 1. The van der Waals surface area contributed by atoms with Gasteiger partial charge in [0.1, 0.15) is 5.60 Å². The van der Waals surface area contributed by atoms with E-state index in [9.17, 15) is 4.79 Å². The number of hydrogen-bond donors (Lipinski definition) is 2. The number of unbranched alkanes of at least 4 members (excludes halogenated alkanes) is 4. The van der Waals surface area contributed by atoms with Crippen LogP contribution in [-0.4, -0.2) is 49.2 Å². The molecule has 0 saturated carbocycles. The van der Waals surface area contributed by atoms with E-state index in [-0.39, 0.29) is 11.6 Å². The van der Waals surface area contributed by atoms with E-state index < -0.39 is 0 Å². The zero-order chi connectivity index (χ0) is 19.0. The van der Waals surface area contributed by atoms with Gasteiger partial charge < -0.3 is 15.4 Å². The molecule has 0 aliphatic carbocycles. The Hall–Kier alpha value is -0.910. The third-order valence-corrected chi connectivity index (χ3v) is 4.09. The average molecular weight is 374 g/mol. The Bertz CT molecular complexity index is 368. The van der Waals surface area contributed by atoms with Crippen LogP contribution in [-0.2, 0) is 9.53 Å². The molecular weight excluding hydrogens is 334 g/mol. The number of nitrogens with zero attached hydrogens (tertiary/aromatic N) is 1. The molecule has 0 unspecified atom stereocenters. The Kier molecular flexibility index (Phi) is 14.8. The highest BCUT2D eigenvalue weighted by molar-refractivity contribution is 7.98. The quantitative estimate of drug-likeness (QED) is 0.221. The maximum atomic E-state index is 11.6. The van der Waals surface area contributed by atoms with Gasteiger partial charge in [-0.1, -0.05) is 12.8 Å². The number of hydrogen-bond acceptors (Lipinski definition) is 4. The number of rotatable bonds is 13. The van der Waals surface area contributed by atoms with Crippen molar-refractivity contribution in [2.24, 2.45) is 4.99 Å². The molecule has 0 fully saturated rings. The lowest BCUT2D eigenvalue weighted by atomic mass is 10.1. The number of nitrogens with one attached hydrogen (secondary N) is 2. The molecule has 0 heterocycles. The topological polar surface area (TPSA) is 62.7 Å². The first-order valence-electron chi connectivity index (χ1n) is 9.62. The van der Waals surface area contributed by atoms with Gasteiger partial charge in [0.2, 0.25) is 0 Å². The Morgan fingerprint density at radius 1 is 1.04 bits per heavy atom. The zero-order valence-electron chi connectivity index (χ0n) is 17.0. The summed E-state index contributed by atoms with van der Waals surface area (Å²) in [7, 11) is 0. The number of thioether (sulfide) groups is 1. The molecule has 25 heavy (non-hydrogen) atoms. The summed E-state index contributed by atoms with van der Waals surface area (Å²) in [5, 5.41) is 6.67. The molecule has 0 spiro atoms. The van der Waals surface area contributed by atoms with Crippen molar-refractivity contribution < 1.29 is 9.53 Å². The minimum absolute atomic E-state index is 0.0920. The van der Waals surface area contributed by atoms with Crippen LogP contribution in [0.25, 0.3) is 0 Å². The van der Waals surface area contributed by atoms with Gasteiger partial charge in [-0.3, -0.25) is 9.79 Å². The second-order valence-corrected chi connectivity index (χ2v) is 8.12. The predicted molar refractivity (Wildman–Crippen MR) is 111 cm³/mol. The minimum atomic E-state index is -0.378. The van der Waals surface area contributed by atoms with Gasteiger partial charge >= 0.3 is 5.97 Å². The summed E-state index contributed by atoms with van der Waals surface area (Å²) >= 11 is 1.90. The summed E-state index contributed by atoms with van der Waals surface area (Å²) in [4.78, 5) is 16.2. The molecule has 2 N–H and O–H groups in total. The van der Waals surface area contributed by atoms with Gasteiger partial charge in [-0.25, -0.2) is 0 Å². The maximum absolute atomic E-state index is 11.6. The monoisotopic (exact) mass is 373 g/mol. The van der Waals surface area contributed by atoms with Crippen molar-refractivity contribution in [3.05, 3.63) is 0 Å². The van der Waals surface area contributed by atoms with E-state index in [0.29, 0.717) is 6.42 Å². The molecule has 6 heteroatoms. The lowest BCUT2D eigenvalue weighted by molar-refractivity contribution is -0.154. The second-order valence-electron chi connectivity index (χ2n) is 7.14. The van der Waals surface area contributed by atoms with Crippen molar-refractivity contribution in [1.29, 1.82) is 0 Å². The van der Waals surface area contributed by atoms with Gasteiger partial charge in [-0.2, -0.15) is 11.8 Å². The number of guanidine groups is 1. The fraction of sp³-hybridized carbons (Fsp3) is 0.895. The molecule has 0 atom stereocenters. The van der Waals surface area contributed by atoms with Crippen molar-refractivity contribution in [3.63, 3.8) is 0 Å². The lowest BCUT2D eigenvalue weighted by Crippen LogP contribution is -2.37. The highest BCUT2D eigenvalue weighted by atomic mass is 32.2. The van der Waals surface area contributed by atoms with Gasteiger partial charge in [-0.05, 0) is 65.4 Å². The summed E-state index contributed by atoms with van der Waals surface area (Å²) < 4.78 is 5.31. The SMILES string of the molecule is CCNC(=NCCCCCCC(=O)OC(C)(C)C)NCCCCSC. The maximum Gasteiger partial charge on any atom is 0.306 e. The van der Waals surface area contributed by atoms with E-state index >= 15 is 0 Å². The van der Waals surface area contributed by atoms with Gasteiger partial charge in [0, 0.05) is 26.1 Å². The second kappa shape index (κ2) is 15.4. The molecule has 0 amide bonds. The highest BCUT2D eigenvalue weighted by Crippen LogP contribution is 2.11. The Morgan fingerprint density at radius 2 is 1.76 bits per heavy atom. The lowest BCUT2D eigenvalue weighted by Gasteiger charge is -2.19. The number of carbonyl (C=O) groups is 1. The van der Waals surface area contributed by atoms with Gasteiger partial charge in [0.25, 0.3) is 0 Å². The van der Waals surface area contributed by atoms with Crippen LogP contribution in [0.2, 0.25) is 0 Å². The van der Waals surface area contributed by atoms with Crippen LogP contribution in [0.3, 0.4) is 0 Å². The summed E-state index contributed by atoms with van der Waals surface area (Å²) in [6.07, 6.45) is 9.17. The summed E-state index contributed by atoms with van der Waals surface area (Å²) in [5.41, 5.74) is -0.378. The van der Waals surface area contributed by atoms with E-state index in [2.05, 4.69) is 28.8 Å². The standard InChI is InChI=1S/C19H39N3O2S/c1-6-20-18(22-15-11-12-16-25-5)21-14-10-8-7-9-13-17(23)24-19(2,3)4/h6-16H2,1-5H3,(H2,20,21,22). The zero-order valence-corrected chi connectivity index (χ0v) is 17.8. The molecule has 0 aliphatic heterocycles. The third-order valence-electron chi connectivity index (χ3n) is 3.39. The molecule has 0 aliphatic rings. The Labute approximate surface area is 159 Å². The van der Waals surface area contributed by atoms with E-state index in [1.54, 1.807) is 0 Å². The molecule has 0 bridgehead atoms. The summed E-state index contributed by atoms with van der Waals surface area (Å²) in [5.74, 6) is 2.05. The normalized spacial score (nSPS) is 12.1. The molecule has 148 valence electrons. The van der Waals surface area contributed by atoms with Gasteiger partial charge in [0.05, 0.1) is 0 Å². The van der Waals surface area contributed by atoms with Crippen LogP contribution in [0.15, 0.2) is 4.99 Å². The van der Waals surface area contributed by atoms with Crippen LogP contribution in [0.4, 0.5) is 0 Å². The molecule has 0 aromatic carbocycles. The number of ether oxygens (including phenoxy) is 1. The summed E-state index contributed by atoms with van der Waals surface area (Å²) in [6.45, 7) is 10.5. The number of aliphatic imine (C=N–C) groups is 1. The molecule has 0 saturated heterocycles. The molecule has 0 rings (SSSR count). The predicted octanol–water partition coefficient (Wildman–Crippen LogP) is 3.98. The minimum Gasteiger partial charge on any atom is -0.460 e. The fourth-order valence-electron chi connectivity index (χ4n) is 2.24. The van der Waals surface area contributed by atoms with E-state index in [0.717, 1.165) is 51.3 Å². The van der Waals surface area contributed by atoms with Crippen molar-refractivity contribution in [1.82, 2.24) is 10.6 Å². The van der Waals surface area contributed by atoms with Crippen LogP contribution >= 0.6 is 11.8 Å².